The summed E-state index contributed by atoms with van der Waals surface area (Å²) in [6.45, 7) is 0. The lowest BCUT2D eigenvalue weighted by Gasteiger charge is -2.41. The van der Waals surface area contributed by atoms with Crippen LogP contribution in [-0.2, 0) is 11.2 Å². The van der Waals surface area contributed by atoms with E-state index in [1.165, 1.54) is 5.56 Å². The average molecular weight is 364 g/mol. The number of fused-ring (bicyclic) bond motifs is 3. The van der Waals surface area contributed by atoms with Crippen molar-refractivity contribution >= 4 is 5.91 Å². The highest BCUT2D eigenvalue weighted by Gasteiger charge is 2.46. The van der Waals surface area contributed by atoms with Gasteiger partial charge in [0, 0.05) is 37.3 Å². The van der Waals surface area contributed by atoms with E-state index in [9.17, 15) is 4.79 Å². The number of amides is 1. The number of aromatic nitrogens is 1. The lowest BCUT2D eigenvalue weighted by molar-refractivity contribution is -0.145. The van der Waals surface area contributed by atoms with Crippen molar-refractivity contribution in [2.45, 2.75) is 62.8 Å². The Kier molecular flexibility index (Phi) is 4.23. The molecule has 1 aromatic heterocycles. The topological polar surface area (TPSA) is 51.7 Å². The van der Waals surface area contributed by atoms with Gasteiger partial charge < -0.3 is 14.4 Å². The molecular formula is C22H24N2O3. The van der Waals surface area contributed by atoms with E-state index in [0.717, 1.165) is 50.0 Å². The fraction of sp³-hybridized carbons (Fsp3) is 0.455. The standard InChI is InChI=1S/C22H24N2O3/c25-22(21-8-5-15-3-1-2-4-20(15)27-21)24-16-6-7-17(24)14-19(13-16)26-18-9-11-23-12-10-18/h1-4,9-12,16-17,19,21H,5-8,13-14H2/t16-,17-,21+/m0/s1. The minimum absolute atomic E-state index is 0.166. The lowest BCUT2D eigenvalue weighted by atomic mass is 9.96. The van der Waals surface area contributed by atoms with Crippen LogP contribution >= 0.6 is 0 Å². The molecule has 5 rings (SSSR count). The molecule has 2 aromatic rings. The molecule has 4 heterocycles. The first-order valence-electron chi connectivity index (χ1n) is 9.91. The van der Waals surface area contributed by atoms with Crippen molar-refractivity contribution < 1.29 is 14.3 Å². The number of benzene rings is 1. The van der Waals surface area contributed by atoms with Crippen LogP contribution in [0.25, 0.3) is 0 Å². The predicted octanol–water partition coefficient (Wildman–Crippen LogP) is 3.38. The fourth-order valence-corrected chi connectivity index (χ4v) is 4.86. The molecule has 2 fully saturated rings. The number of piperidine rings is 1. The van der Waals surface area contributed by atoms with Gasteiger partial charge >= 0.3 is 0 Å². The van der Waals surface area contributed by atoms with Crippen LogP contribution in [0.5, 0.6) is 11.5 Å². The Balaban J connectivity index is 1.26. The molecule has 1 aromatic carbocycles. The van der Waals surface area contributed by atoms with Gasteiger partial charge in [-0.3, -0.25) is 9.78 Å². The Bertz CT molecular complexity index is 811. The van der Waals surface area contributed by atoms with Crippen molar-refractivity contribution in [1.82, 2.24) is 9.88 Å². The molecule has 2 saturated heterocycles. The summed E-state index contributed by atoms with van der Waals surface area (Å²) in [6.07, 6.45) is 8.92. The van der Waals surface area contributed by atoms with Gasteiger partial charge in [0.1, 0.15) is 17.6 Å². The Morgan fingerprint density at radius 3 is 2.56 bits per heavy atom. The summed E-state index contributed by atoms with van der Waals surface area (Å²) >= 11 is 0. The quantitative estimate of drug-likeness (QED) is 0.838. The summed E-state index contributed by atoms with van der Waals surface area (Å²) < 4.78 is 12.2. The summed E-state index contributed by atoms with van der Waals surface area (Å²) in [5.41, 5.74) is 1.20. The van der Waals surface area contributed by atoms with Crippen LogP contribution in [0, 0.1) is 0 Å². The zero-order chi connectivity index (χ0) is 18.2. The second-order valence-corrected chi connectivity index (χ2v) is 7.78. The monoisotopic (exact) mass is 364 g/mol. The minimum atomic E-state index is -0.347. The molecule has 0 radical (unpaired) electrons. The van der Waals surface area contributed by atoms with Gasteiger partial charge in [-0.25, -0.2) is 0 Å². The second-order valence-electron chi connectivity index (χ2n) is 7.78. The molecule has 0 spiro atoms. The predicted molar refractivity (Wildman–Crippen MR) is 101 cm³/mol. The molecule has 0 saturated carbocycles. The molecule has 0 N–H and O–H groups in total. The van der Waals surface area contributed by atoms with Gasteiger partial charge in [-0.1, -0.05) is 18.2 Å². The van der Waals surface area contributed by atoms with Gasteiger partial charge in [0.25, 0.3) is 5.91 Å². The molecule has 3 aliphatic rings. The molecule has 140 valence electrons. The maximum Gasteiger partial charge on any atom is 0.264 e. The maximum atomic E-state index is 13.2. The van der Waals surface area contributed by atoms with Crippen molar-refractivity contribution in [3.05, 3.63) is 54.4 Å². The molecule has 0 aliphatic carbocycles. The van der Waals surface area contributed by atoms with Crippen LogP contribution in [0.1, 0.15) is 37.7 Å². The Labute approximate surface area is 159 Å². The number of ether oxygens (including phenoxy) is 2. The van der Waals surface area contributed by atoms with Crippen molar-refractivity contribution in [1.29, 1.82) is 0 Å². The molecule has 27 heavy (non-hydrogen) atoms. The lowest BCUT2D eigenvalue weighted by Crippen LogP contribution is -2.54. The van der Waals surface area contributed by atoms with Crippen molar-refractivity contribution in [3.8, 4) is 11.5 Å². The number of carbonyl (C=O) groups is 1. The first-order valence-corrected chi connectivity index (χ1v) is 9.91. The molecule has 5 nitrogen and oxygen atoms in total. The summed E-state index contributed by atoms with van der Waals surface area (Å²) in [7, 11) is 0. The zero-order valence-electron chi connectivity index (χ0n) is 15.3. The van der Waals surface area contributed by atoms with Crippen LogP contribution in [-0.4, -0.2) is 40.1 Å². The van der Waals surface area contributed by atoms with Crippen molar-refractivity contribution in [3.63, 3.8) is 0 Å². The van der Waals surface area contributed by atoms with E-state index in [1.54, 1.807) is 12.4 Å². The molecule has 3 aliphatic heterocycles. The number of pyridine rings is 1. The second kappa shape index (κ2) is 6.87. The number of aryl methyl sites for hydroxylation is 1. The molecule has 0 unspecified atom stereocenters. The van der Waals surface area contributed by atoms with Crippen LogP contribution < -0.4 is 9.47 Å². The maximum absolute atomic E-state index is 13.2. The molecule has 3 atom stereocenters. The van der Waals surface area contributed by atoms with E-state index in [2.05, 4.69) is 16.0 Å². The summed E-state index contributed by atoms with van der Waals surface area (Å²) in [6, 6.07) is 12.4. The third kappa shape index (κ3) is 3.15. The molecule has 2 bridgehead atoms. The smallest absolute Gasteiger partial charge is 0.264 e. The van der Waals surface area contributed by atoms with Crippen LogP contribution in [0.4, 0.5) is 0 Å². The first kappa shape index (κ1) is 16.6. The third-order valence-corrected chi connectivity index (χ3v) is 6.09. The number of hydrogen-bond acceptors (Lipinski definition) is 4. The molecule has 5 heteroatoms. The van der Waals surface area contributed by atoms with E-state index in [4.69, 9.17) is 9.47 Å². The average Bonchev–Trinajstić information content (AvgIpc) is 2.98. The highest BCUT2D eigenvalue weighted by Crippen LogP contribution is 2.39. The van der Waals surface area contributed by atoms with Crippen LogP contribution in [0.2, 0.25) is 0 Å². The van der Waals surface area contributed by atoms with Gasteiger partial charge in [-0.2, -0.15) is 0 Å². The molecular weight excluding hydrogens is 340 g/mol. The Hall–Kier alpha value is -2.56. The Morgan fingerprint density at radius 1 is 1.04 bits per heavy atom. The normalized spacial score (nSPS) is 29.0. The van der Waals surface area contributed by atoms with E-state index in [1.807, 2.05) is 30.3 Å². The van der Waals surface area contributed by atoms with Crippen LogP contribution in [0.15, 0.2) is 48.8 Å². The number of rotatable bonds is 3. The van der Waals surface area contributed by atoms with Gasteiger partial charge in [-0.15, -0.1) is 0 Å². The highest BCUT2D eigenvalue weighted by atomic mass is 16.5. The Morgan fingerprint density at radius 2 is 1.78 bits per heavy atom. The first-order chi connectivity index (χ1) is 13.3. The number of carbonyl (C=O) groups excluding carboxylic acids is 1. The van der Waals surface area contributed by atoms with E-state index in [-0.39, 0.29) is 30.2 Å². The largest absolute Gasteiger partial charge is 0.490 e. The molecule has 1 amide bonds. The highest BCUT2D eigenvalue weighted by molar-refractivity contribution is 5.82. The fourth-order valence-electron chi connectivity index (χ4n) is 4.86. The number of para-hydroxylation sites is 1. The minimum Gasteiger partial charge on any atom is -0.490 e. The van der Waals surface area contributed by atoms with Crippen molar-refractivity contribution in [2.75, 3.05) is 0 Å². The summed E-state index contributed by atoms with van der Waals surface area (Å²) in [5, 5.41) is 0. The zero-order valence-corrected chi connectivity index (χ0v) is 15.3. The van der Waals surface area contributed by atoms with Crippen molar-refractivity contribution in [2.24, 2.45) is 0 Å². The van der Waals surface area contributed by atoms with Crippen LogP contribution in [0.3, 0.4) is 0 Å². The van der Waals surface area contributed by atoms with E-state index in [0.29, 0.717) is 0 Å². The summed E-state index contributed by atoms with van der Waals surface area (Å²) in [4.78, 5) is 19.4. The van der Waals surface area contributed by atoms with E-state index >= 15 is 0 Å². The number of nitrogens with zero attached hydrogens (tertiary/aromatic N) is 2. The van der Waals surface area contributed by atoms with E-state index < -0.39 is 0 Å². The third-order valence-electron chi connectivity index (χ3n) is 6.09. The van der Waals surface area contributed by atoms with Gasteiger partial charge in [0.15, 0.2) is 6.10 Å². The summed E-state index contributed by atoms with van der Waals surface area (Å²) in [5.74, 6) is 1.89. The number of hydrogen-bond donors (Lipinski definition) is 0. The van der Waals surface area contributed by atoms with Gasteiger partial charge in [0.2, 0.25) is 0 Å². The van der Waals surface area contributed by atoms with Gasteiger partial charge in [-0.05, 0) is 49.4 Å². The van der Waals surface area contributed by atoms with Gasteiger partial charge in [0.05, 0.1) is 0 Å². The SMILES string of the molecule is O=C([C@H]1CCc2ccccc2O1)N1[C@H]2CC[C@H]1CC(Oc1ccncc1)C2.